The number of nitrogens with two attached hydrogens (primary N) is 1. The first kappa shape index (κ1) is 22.8. The van der Waals surface area contributed by atoms with E-state index in [-0.39, 0.29) is 27.8 Å². The van der Waals surface area contributed by atoms with Crippen molar-refractivity contribution in [2.45, 2.75) is 11.8 Å². The van der Waals surface area contributed by atoms with Crippen molar-refractivity contribution < 1.29 is 32.6 Å². The third kappa shape index (κ3) is 5.22. The van der Waals surface area contributed by atoms with E-state index in [9.17, 15) is 27.9 Å². The zero-order valence-corrected chi connectivity index (χ0v) is 17.7. The predicted molar refractivity (Wildman–Crippen MR) is 114 cm³/mol. The van der Waals surface area contributed by atoms with Crippen LogP contribution in [-0.4, -0.2) is 49.4 Å². The Bertz CT molecular complexity index is 1210. The predicted octanol–water partition coefficient (Wildman–Crippen LogP) is 0.970. The van der Waals surface area contributed by atoms with Crippen molar-refractivity contribution in [1.82, 2.24) is 10.2 Å². The van der Waals surface area contributed by atoms with Crippen LogP contribution in [-0.2, 0) is 19.6 Å². The molecule has 12 heteroatoms. The summed E-state index contributed by atoms with van der Waals surface area (Å²) in [7, 11) is -3.87. The van der Waals surface area contributed by atoms with Gasteiger partial charge >= 0.3 is 6.03 Å². The number of sulfonamides is 1. The molecule has 0 aromatic heterocycles. The minimum Gasteiger partial charge on any atom is -0.504 e. The number of anilines is 1. The van der Waals surface area contributed by atoms with Gasteiger partial charge in [0.05, 0.1) is 11.5 Å². The number of benzene rings is 2. The Kier molecular flexibility index (Phi) is 6.46. The van der Waals surface area contributed by atoms with Gasteiger partial charge in [-0.15, -0.1) is 0 Å². The number of nitrogens with zero attached hydrogens (tertiary/aromatic N) is 1. The fourth-order valence-electron chi connectivity index (χ4n) is 2.85. The second-order valence-corrected chi connectivity index (χ2v) is 8.22. The van der Waals surface area contributed by atoms with Crippen LogP contribution in [0.25, 0.3) is 6.08 Å². The van der Waals surface area contributed by atoms with Crippen LogP contribution in [0.1, 0.15) is 12.5 Å². The Balaban J connectivity index is 1.69. The maximum Gasteiger partial charge on any atom is 0.329 e. The highest BCUT2D eigenvalue weighted by Gasteiger charge is 2.35. The molecule has 0 radical (unpaired) electrons. The fraction of sp³-hybridized carbons (Fsp3) is 0.150. The van der Waals surface area contributed by atoms with Crippen LogP contribution in [0.4, 0.5) is 10.5 Å². The van der Waals surface area contributed by atoms with Crippen LogP contribution in [0.5, 0.6) is 11.5 Å². The monoisotopic (exact) mass is 460 g/mol. The summed E-state index contributed by atoms with van der Waals surface area (Å²) in [6.45, 7) is 1.53. The van der Waals surface area contributed by atoms with Crippen LogP contribution in [0, 0.1) is 0 Å². The third-order valence-electron chi connectivity index (χ3n) is 4.33. The van der Waals surface area contributed by atoms with Gasteiger partial charge in [-0.3, -0.25) is 9.59 Å². The Morgan fingerprint density at radius 2 is 1.91 bits per heavy atom. The summed E-state index contributed by atoms with van der Waals surface area (Å²) in [5.41, 5.74) is 0.711. The lowest BCUT2D eigenvalue weighted by atomic mass is 10.1. The molecular weight excluding hydrogens is 440 g/mol. The van der Waals surface area contributed by atoms with Crippen molar-refractivity contribution in [3.8, 4) is 11.5 Å². The SMILES string of the molecule is CCOc1cc(/C=C2\NC(=O)N(CC(=O)Nc3ccc(S(N)(=O)=O)cc3)C2=O)ccc1O. The van der Waals surface area contributed by atoms with E-state index in [4.69, 9.17) is 9.88 Å². The molecule has 0 atom stereocenters. The van der Waals surface area contributed by atoms with Gasteiger partial charge in [0.1, 0.15) is 12.2 Å². The summed E-state index contributed by atoms with van der Waals surface area (Å²) in [6, 6.07) is 8.75. The van der Waals surface area contributed by atoms with Crippen molar-refractivity contribution in [1.29, 1.82) is 0 Å². The molecule has 1 aliphatic rings. The molecule has 1 aliphatic heterocycles. The smallest absolute Gasteiger partial charge is 0.329 e. The fourth-order valence-corrected chi connectivity index (χ4v) is 3.36. The average molecular weight is 460 g/mol. The van der Waals surface area contributed by atoms with Gasteiger partial charge in [0, 0.05) is 5.69 Å². The number of aromatic hydroxyl groups is 1. The third-order valence-corrected chi connectivity index (χ3v) is 5.25. The zero-order valence-electron chi connectivity index (χ0n) is 16.9. The number of phenols is 1. The highest BCUT2D eigenvalue weighted by atomic mass is 32.2. The Hall–Kier alpha value is -3.90. The van der Waals surface area contributed by atoms with Crippen LogP contribution >= 0.6 is 0 Å². The van der Waals surface area contributed by atoms with Crippen LogP contribution < -0.4 is 20.5 Å². The second kappa shape index (κ2) is 9.08. The van der Waals surface area contributed by atoms with Gasteiger partial charge in [-0.25, -0.2) is 23.3 Å². The van der Waals surface area contributed by atoms with E-state index in [0.717, 1.165) is 4.90 Å². The molecule has 32 heavy (non-hydrogen) atoms. The van der Waals surface area contributed by atoms with Gasteiger partial charge in [-0.1, -0.05) is 6.07 Å². The molecule has 1 heterocycles. The molecule has 0 spiro atoms. The summed E-state index contributed by atoms with van der Waals surface area (Å²) in [5.74, 6) is -1.21. The highest BCUT2D eigenvalue weighted by Crippen LogP contribution is 2.28. The molecule has 4 amide bonds. The number of primary sulfonamides is 1. The number of carbonyl (C=O) groups excluding carboxylic acids is 3. The topological polar surface area (TPSA) is 168 Å². The number of ether oxygens (including phenoxy) is 1. The summed E-state index contributed by atoms with van der Waals surface area (Å²) < 4.78 is 27.8. The number of phenolic OH excluding ortho intramolecular Hbond substituents is 1. The minimum absolute atomic E-state index is 0.0477. The molecule has 2 aromatic carbocycles. The van der Waals surface area contributed by atoms with Crippen LogP contribution in [0.3, 0.4) is 0 Å². The number of urea groups is 1. The Morgan fingerprint density at radius 1 is 1.22 bits per heavy atom. The molecule has 168 valence electrons. The molecule has 3 rings (SSSR count). The van der Waals surface area contributed by atoms with Crippen molar-refractivity contribution in [2.75, 3.05) is 18.5 Å². The van der Waals surface area contributed by atoms with Gasteiger partial charge in [0.15, 0.2) is 11.5 Å². The van der Waals surface area contributed by atoms with Gasteiger partial charge < -0.3 is 20.5 Å². The number of imide groups is 1. The standard InChI is InChI=1S/C20H20N4O7S/c1-2-31-17-10-12(3-8-16(17)25)9-15-19(27)24(20(28)23-15)11-18(26)22-13-4-6-14(7-5-13)32(21,29)30/h3-10,25H,2,11H2,1H3,(H,22,26)(H,23,28)(H2,21,29,30)/b15-9-. The first-order valence-electron chi connectivity index (χ1n) is 9.31. The molecule has 2 aromatic rings. The van der Waals surface area contributed by atoms with E-state index in [1.165, 1.54) is 48.5 Å². The highest BCUT2D eigenvalue weighted by molar-refractivity contribution is 7.89. The maximum absolute atomic E-state index is 12.6. The first-order chi connectivity index (χ1) is 15.1. The van der Waals surface area contributed by atoms with Crippen LogP contribution in [0.15, 0.2) is 53.1 Å². The lowest BCUT2D eigenvalue weighted by molar-refractivity contribution is -0.127. The number of amides is 4. The minimum atomic E-state index is -3.87. The van der Waals surface area contributed by atoms with Crippen molar-refractivity contribution in [2.24, 2.45) is 5.14 Å². The maximum atomic E-state index is 12.6. The quantitative estimate of drug-likeness (QED) is 0.352. The van der Waals surface area contributed by atoms with E-state index >= 15 is 0 Å². The van der Waals surface area contributed by atoms with Crippen molar-refractivity contribution in [3.05, 3.63) is 53.7 Å². The van der Waals surface area contributed by atoms with E-state index in [2.05, 4.69) is 10.6 Å². The molecule has 5 N–H and O–H groups in total. The lowest BCUT2D eigenvalue weighted by Crippen LogP contribution is -2.38. The summed E-state index contributed by atoms with van der Waals surface area (Å²) in [6.07, 6.45) is 1.39. The number of rotatable bonds is 7. The molecule has 1 fully saturated rings. The number of hydrogen-bond acceptors (Lipinski definition) is 7. The lowest BCUT2D eigenvalue weighted by Gasteiger charge is -2.12. The van der Waals surface area contributed by atoms with Crippen LogP contribution in [0.2, 0.25) is 0 Å². The first-order valence-corrected chi connectivity index (χ1v) is 10.9. The molecule has 11 nitrogen and oxygen atoms in total. The van der Waals surface area contributed by atoms with Gasteiger partial charge in [0.2, 0.25) is 15.9 Å². The molecular formula is C20H20N4O7S. The zero-order chi connectivity index (χ0) is 23.5. The van der Waals surface area contributed by atoms with E-state index in [0.29, 0.717) is 12.2 Å². The molecule has 0 aliphatic carbocycles. The molecule has 0 bridgehead atoms. The van der Waals surface area contributed by atoms with E-state index < -0.39 is 34.4 Å². The number of nitrogens with one attached hydrogen (secondary N) is 2. The summed E-state index contributed by atoms with van der Waals surface area (Å²) in [4.78, 5) is 37.6. The molecule has 1 saturated heterocycles. The van der Waals surface area contributed by atoms with E-state index in [1.54, 1.807) is 6.92 Å². The van der Waals surface area contributed by atoms with Gasteiger partial charge in [-0.05, 0) is 55.0 Å². The number of hydrogen-bond donors (Lipinski definition) is 4. The molecule has 0 saturated carbocycles. The summed E-state index contributed by atoms with van der Waals surface area (Å²) in [5, 5.41) is 19.6. The number of carbonyl (C=O) groups is 3. The second-order valence-electron chi connectivity index (χ2n) is 6.66. The Morgan fingerprint density at radius 3 is 2.53 bits per heavy atom. The molecule has 0 unspecified atom stereocenters. The van der Waals surface area contributed by atoms with E-state index in [1.807, 2.05) is 0 Å². The van der Waals surface area contributed by atoms with Crippen molar-refractivity contribution >= 4 is 39.6 Å². The largest absolute Gasteiger partial charge is 0.504 e. The normalized spacial score (nSPS) is 15.1. The average Bonchev–Trinajstić information content (AvgIpc) is 2.97. The van der Waals surface area contributed by atoms with Gasteiger partial charge in [-0.2, -0.15) is 0 Å². The van der Waals surface area contributed by atoms with Crippen molar-refractivity contribution in [3.63, 3.8) is 0 Å². The Labute approximate surface area is 183 Å². The summed E-state index contributed by atoms with van der Waals surface area (Å²) >= 11 is 0. The van der Waals surface area contributed by atoms with Gasteiger partial charge in [0.25, 0.3) is 5.91 Å².